The Kier molecular flexibility index (Phi) is 4.82. The molecule has 2 rings (SSSR count). The van der Waals surface area contributed by atoms with Gasteiger partial charge in [0.1, 0.15) is 0 Å². The Morgan fingerprint density at radius 3 is 2.79 bits per heavy atom. The second-order valence-electron chi connectivity index (χ2n) is 5.10. The van der Waals surface area contributed by atoms with E-state index in [1.54, 1.807) is 0 Å². The fourth-order valence-corrected chi connectivity index (χ4v) is 3.11. The third-order valence-electron chi connectivity index (χ3n) is 3.23. The third-order valence-corrected chi connectivity index (χ3v) is 4.06. The quantitative estimate of drug-likeness (QED) is 0.900. The number of benzene rings is 1. The SMILES string of the molecule is CS(=O)(=O)Cc1ccccc1NCC1CCCCO1. The lowest BCUT2D eigenvalue weighted by Crippen LogP contribution is -2.27. The molecule has 0 amide bonds. The van der Waals surface area contributed by atoms with Gasteiger partial charge < -0.3 is 10.1 Å². The second kappa shape index (κ2) is 6.39. The van der Waals surface area contributed by atoms with Crippen molar-refractivity contribution in [1.29, 1.82) is 0 Å². The van der Waals surface area contributed by atoms with Crippen LogP contribution in [0.5, 0.6) is 0 Å². The Balaban J connectivity index is 1.99. The first-order chi connectivity index (χ1) is 9.04. The summed E-state index contributed by atoms with van der Waals surface area (Å²) in [6.45, 7) is 1.57. The summed E-state index contributed by atoms with van der Waals surface area (Å²) in [6.07, 6.45) is 4.91. The van der Waals surface area contributed by atoms with Gasteiger partial charge in [0.2, 0.25) is 0 Å². The monoisotopic (exact) mass is 283 g/mol. The van der Waals surface area contributed by atoms with Crippen LogP contribution in [0.4, 0.5) is 5.69 Å². The molecule has 4 nitrogen and oxygen atoms in total. The van der Waals surface area contributed by atoms with Crippen molar-refractivity contribution < 1.29 is 13.2 Å². The second-order valence-corrected chi connectivity index (χ2v) is 7.24. The van der Waals surface area contributed by atoms with Crippen LogP contribution in [0, 0.1) is 0 Å². The van der Waals surface area contributed by atoms with E-state index in [-0.39, 0.29) is 11.9 Å². The Bertz CT molecular complexity index is 507. The highest BCUT2D eigenvalue weighted by molar-refractivity contribution is 7.89. The molecule has 0 bridgehead atoms. The summed E-state index contributed by atoms with van der Waals surface area (Å²) in [5, 5.41) is 3.32. The average molecular weight is 283 g/mol. The lowest BCUT2D eigenvalue weighted by atomic mass is 10.1. The van der Waals surface area contributed by atoms with Crippen molar-refractivity contribution in [3.05, 3.63) is 29.8 Å². The van der Waals surface area contributed by atoms with Gasteiger partial charge in [-0.2, -0.15) is 0 Å². The molecule has 1 saturated heterocycles. The van der Waals surface area contributed by atoms with E-state index in [4.69, 9.17) is 4.74 Å². The van der Waals surface area contributed by atoms with Crippen LogP contribution in [0.2, 0.25) is 0 Å². The molecular weight excluding hydrogens is 262 g/mol. The lowest BCUT2D eigenvalue weighted by molar-refractivity contribution is 0.0247. The molecule has 1 heterocycles. The van der Waals surface area contributed by atoms with Gasteiger partial charge in [-0.05, 0) is 30.9 Å². The molecule has 1 aliphatic rings. The minimum absolute atomic E-state index is 0.0711. The molecular formula is C14H21NO3S. The minimum atomic E-state index is -3.01. The van der Waals surface area contributed by atoms with Gasteiger partial charge in [-0.3, -0.25) is 0 Å². The average Bonchev–Trinajstić information content (AvgIpc) is 2.37. The van der Waals surface area contributed by atoms with Crippen molar-refractivity contribution in [2.75, 3.05) is 24.7 Å². The fourth-order valence-electron chi connectivity index (χ4n) is 2.29. The van der Waals surface area contributed by atoms with Crippen molar-refractivity contribution in [3.8, 4) is 0 Å². The molecule has 1 N–H and O–H groups in total. The molecule has 0 aromatic heterocycles. The van der Waals surface area contributed by atoms with Crippen LogP contribution in [0.25, 0.3) is 0 Å². The van der Waals surface area contributed by atoms with E-state index in [9.17, 15) is 8.42 Å². The van der Waals surface area contributed by atoms with Crippen LogP contribution in [-0.4, -0.2) is 33.9 Å². The highest BCUT2D eigenvalue weighted by Gasteiger charge is 2.14. The minimum Gasteiger partial charge on any atom is -0.382 e. The Morgan fingerprint density at radius 1 is 1.32 bits per heavy atom. The Hall–Kier alpha value is -1.07. The summed E-state index contributed by atoms with van der Waals surface area (Å²) >= 11 is 0. The summed E-state index contributed by atoms with van der Waals surface area (Å²) in [7, 11) is -3.01. The van der Waals surface area contributed by atoms with Crippen molar-refractivity contribution in [3.63, 3.8) is 0 Å². The van der Waals surface area contributed by atoms with Gasteiger partial charge in [0, 0.05) is 25.1 Å². The zero-order valence-corrected chi connectivity index (χ0v) is 12.1. The Morgan fingerprint density at radius 2 is 2.11 bits per heavy atom. The van der Waals surface area contributed by atoms with Crippen LogP contribution in [-0.2, 0) is 20.3 Å². The molecule has 0 spiro atoms. The number of nitrogens with one attached hydrogen (secondary N) is 1. The molecule has 1 aromatic carbocycles. The van der Waals surface area contributed by atoms with Crippen LogP contribution in [0.3, 0.4) is 0 Å². The van der Waals surface area contributed by atoms with Crippen LogP contribution >= 0.6 is 0 Å². The first-order valence-electron chi connectivity index (χ1n) is 6.66. The molecule has 1 fully saturated rings. The summed E-state index contributed by atoms with van der Waals surface area (Å²) < 4.78 is 28.5. The van der Waals surface area contributed by atoms with E-state index in [1.807, 2.05) is 24.3 Å². The smallest absolute Gasteiger partial charge is 0.151 e. The lowest BCUT2D eigenvalue weighted by Gasteiger charge is -2.23. The molecule has 5 heteroatoms. The standard InChI is InChI=1S/C14H21NO3S/c1-19(16,17)11-12-6-2-3-8-14(12)15-10-13-7-4-5-9-18-13/h2-3,6,8,13,15H,4-5,7,9-11H2,1H3. The van der Waals surface area contributed by atoms with E-state index in [1.165, 1.54) is 12.7 Å². The number of sulfone groups is 1. The fraction of sp³-hybridized carbons (Fsp3) is 0.571. The number of ether oxygens (including phenoxy) is 1. The zero-order valence-electron chi connectivity index (χ0n) is 11.3. The molecule has 1 aromatic rings. The van der Waals surface area contributed by atoms with E-state index >= 15 is 0 Å². The predicted molar refractivity (Wildman–Crippen MR) is 77.1 cm³/mol. The largest absolute Gasteiger partial charge is 0.382 e. The van der Waals surface area contributed by atoms with Crippen LogP contribution in [0.15, 0.2) is 24.3 Å². The number of anilines is 1. The molecule has 0 aliphatic carbocycles. The Labute approximate surface area is 115 Å². The molecule has 106 valence electrons. The van der Waals surface area contributed by atoms with Gasteiger partial charge in [-0.15, -0.1) is 0 Å². The number of para-hydroxylation sites is 1. The van der Waals surface area contributed by atoms with Crippen LogP contribution in [0.1, 0.15) is 24.8 Å². The topological polar surface area (TPSA) is 55.4 Å². The van der Waals surface area contributed by atoms with Gasteiger partial charge in [0.15, 0.2) is 9.84 Å². The molecule has 0 saturated carbocycles. The molecule has 1 aliphatic heterocycles. The van der Waals surface area contributed by atoms with Gasteiger partial charge in [-0.25, -0.2) is 8.42 Å². The summed E-state index contributed by atoms with van der Waals surface area (Å²) in [5.74, 6) is 0.0711. The van der Waals surface area contributed by atoms with Gasteiger partial charge >= 0.3 is 0 Å². The zero-order chi connectivity index (χ0) is 13.7. The molecule has 0 radical (unpaired) electrons. The molecule has 19 heavy (non-hydrogen) atoms. The highest BCUT2D eigenvalue weighted by atomic mass is 32.2. The van der Waals surface area contributed by atoms with Crippen LogP contribution < -0.4 is 5.32 Å². The van der Waals surface area contributed by atoms with E-state index in [0.717, 1.165) is 37.2 Å². The van der Waals surface area contributed by atoms with Crippen molar-refractivity contribution in [2.45, 2.75) is 31.1 Å². The highest BCUT2D eigenvalue weighted by Crippen LogP contribution is 2.19. The predicted octanol–water partition coefficient (Wildman–Crippen LogP) is 2.21. The van der Waals surface area contributed by atoms with Crippen molar-refractivity contribution >= 4 is 15.5 Å². The van der Waals surface area contributed by atoms with E-state index in [0.29, 0.717) is 0 Å². The summed E-state index contributed by atoms with van der Waals surface area (Å²) in [4.78, 5) is 0. The first-order valence-corrected chi connectivity index (χ1v) is 8.72. The summed E-state index contributed by atoms with van der Waals surface area (Å²) in [6, 6.07) is 7.55. The normalized spacial score (nSPS) is 20.2. The maximum atomic E-state index is 11.4. The van der Waals surface area contributed by atoms with Gasteiger partial charge in [0.25, 0.3) is 0 Å². The van der Waals surface area contributed by atoms with Crippen molar-refractivity contribution in [1.82, 2.24) is 0 Å². The number of hydrogen-bond acceptors (Lipinski definition) is 4. The number of rotatable bonds is 5. The van der Waals surface area contributed by atoms with Gasteiger partial charge in [-0.1, -0.05) is 18.2 Å². The third kappa shape index (κ3) is 4.84. The maximum absolute atomic E-state index is 11.4. The van der Waals surface area contributed by atoms with E-state index in [2.05, 4.69) is 5.32 Å². The summed E-state index contributed by atoms with van der Waals surface area (Å²) in [5.41, 5.74) is 1.71. The van der Waals surface area contributed by atoms with E-state index < -0.39 is 9.84 Å². The molecule has 1 unspecified atom stereocenters. The number of hydrogen-bond donors (Lipinski definition) is 1. The molecule has 1 atom stereocenters. The van der Waals surface area contributed by atoms with Crippen molar-refractivity contribution in [2.24, 2.45) is 0 Å². The first kappa shape index (κ1) is 14.3. The maximum Gasteiger partial charge on any atom is 0.151 e. The van der Waals surface area contributed by atoms with Gasteiger partial charge in [0.05, 0.1) is 11.9 Å².